The Kier molecular flexibility index (Phi) is 5.35. The van der Waals surface area contributed by atoms with Crippen molar-refractivity contribution in [1.82, 2.24) is 4.98 Å². The van der Waals surface area contributed by atoms with Crippen LogP contribution in [0.1, 0.15) is 26.6 Å². The molecule has 4 aromatic rings. The van der Waals surface area contributed by atoms with Gasteiger partial charge in [-0.1, -0.05) is 12.1 Å². The summed E-state index contributed by atoms with van der Waals surface area (Å²) >= 11 is 0.935. The van der Waals surface area contributed by atoms with Crippen LogP contribution in [-0.2, 0) is 6.18 Å². The van der Waals surface area contributed by atoms with Crippen molar-refractivity contribution in [2.24, 2.45) is 0 Å². The molecule has 2 aromatic heterocycles. The number of nitrogens with one attached hydrogen (secondary N) is 1. The van der Waals surface area contributed by atoms with Gasteiger partial charge in [0.1, 0.15) is 16.8 Å². The average molecular weight is 462 g/mol. The van der Waals surface area contributed by atoms with Crippen LogP contribution in [0.3, 0.4) is 0 Å². The fraction of sp³-hybridized carbons (Fsp3) is 0.0952. The Hall–Kier alpha value is -3.86. The molecule has 0 radical (unpaired) electrons. The number of hydrogen-bond donors (Lipinski definition) is 2. The van der Waals surface area contributed by atoms with E-state index in [4.69, 9.17) is 9.15 Å². The van der Waals surface area contributed by atoms with Gasteiger partial charge >= 0.3 is 18.1 Å². The van der Waals surface area contributed by atoms with Gasteiger partial charge in [-0.25, -0.2) is 9.78 Å². The number of para-hydroxylation sites is 2. The molecule has 4 rings (SSSR count). The van der Waals surface area contributed by atoms with Crippen LogP contribution in [-0.4, -0.2) is 29.1 Å². The number of nitrogens with zero attached hydrogens (tertiary/aromatic N) is 1. The molecule has 0 aliphatic carbocycles. The summed E-state index contributed by atoms with van der Waals surface area (Å²) in [5.74, 6) is -2.56. The fourth-order valence-corrected chi connectivity index (χ4v) is 4.08. The summed E-state index contributed by atoms with van der Waals surface area (Å²) in [6, 6.07) is 9.46. The van der Waals surface area contributed by atoms with Gasteiger partial charge in [0.25, 0.3) is 5.89 Å². The number of methoxy groups -OCH3 is 1. The number of carbonyl (C=O) groups is 2. The van der Waals surface area contributed by atoms with Crippen molar-refractivity contribution in [3.05, 3.63) is 64.9 Å². The molecule has 2 N–H and O–H groups in total. The molecule has 0 spiro atoms. The summed E-state index contributed by atoms with van der Waals surface area (Å²) in [5, 5.41) is 13.6. The minimum absolute atomic E-state index is 0.0493. The van der Waals surface area contributed by atoms with Gasteiger partial charge in [-0.2, -0.15) is 13.2 Å². The SMILES string of the molecule is COc1cc(C(F)(F)F)ccc1-c1scc(NC(=O)c2nc3ccccc3o2)c1C(=O)O. The second kappa shape index (κ2) is 8.00. The molecule has 32 heavy (non-hydrogen) atoms. The number of oxazole rings is 1. The van der Waals surface area contributed by atoms with Gasteiger partial charge in [0.2, 0.25) is 0 Å². The normalized spacial score (nSPS) is 11.5. The van der Waals surface area contributed by atoms with E-state index in [9.17, 15) is 27.9 Å². The van der Waals surface area contributed by atoms with Gasteiger partial charge < -0.3 is 19.6 Å². The summed E-state index contributed by atoms with van der Waals surface area (Å²) in [5.41, 5.74) is -0.293. The van der Waals surface area contributed by atoms with Gasteiger partial charge in [-0.15, -0.1) is 11.3 Å². The zero-order valence-electron chi connectivity index (χ0n) is 16.2. The molecule has 11 heteroatoms. The topological polar surface area (TPSA) is 102 Å². The number of alkyl halides is 3. The monoisotopic (exact) mass is 462 g/mol. The Bertz CT molecular complexity index is 1310. The van der Waals surface area contributed by atoms with E-state index in [2.05, 4.69) is 10.3 Å². The maximum absolute atomic E-state index is 13.0. The maximum atomic E-state index is 13.0. The fourth-order valence-electron chi connectivity index (χ4n) is 3.06. The number of anilines is 1. The third kappa shape index (κ3) is 3.89. The number of ether oxygens (including phenoxy) is 1. The van der Waals surface area contributed by atoms with Crippen molar-refractivity contribution in [2.75, 3.05) is 12.4 Å². The van der Waals surface area contributed by atoms with Crippen LogP contribution in [0.15, 0.2) is 52.3 Å². The largest absolute Gasteiger partial charge is 0.496 e. The van der Waals surface area contributed by atoms with E-state index in [1.807, 2.05) is 0 Å². The number of aromatic nitrogens is 1. The van der Waals surface area contributed by atoms with Crippen LogP contribution in [0.5, 0.6) is 5.75 Å². The minimum atomic E-state index is -4.59. The highest BCUT2D eigenvalue weighted by Crippen LogP contribution is 2.43. The molecule has 0 atom stereocenters. The van der Waals surface area contributed by atoms with Crippen molar-refractivity contribution < 1.29 is 37.0 Å². The van der Waals surface area contributed by atoms with Crippen LogP contribution >= 0.6 is 11.3 Å². The van der Waals surface area contributed by atoms with E-state index < -0.39 is 23.6 Å². The van der Waals surface area contributed by atoms with Crippen molar-refractivity contribution in [2.45, 2.75) is 6.18 Å². The number of benzene rings is 2. The Balaban J connectivity index is 1.72. The van der Waals surface area contributed by atoms with Gasteiger partial charge in [0, 0.05) is 10.9 Å². The summed E-state index contributed by atoms with van der Waals surface area (Å²) < 4.78 is 49.5. The molecular formula is C21H13F3N2O5S. The van der Waals surface area contributed by atoms with Crippen LogP contribution in [0.25, 0.3) is 21.5 Å². The second-order valence-electron chi connectivity index (χ2n) is 6.51. The molecule has 0 bridgehead atoms. The van der Waals surface area contributed by atoms with Crippen molar-refractivity contribution in [3.8, 4) is 16.2 Å². The lowest BCUT2D eigenvalue weighted by atomic mass is 10.0. The van der Waals surface area contributed by atoms with Gasteiger partial charge in [0.05, 0.1) is 23.2 Å². The van der Waals surface area contributed by atoms with E-state index >= 15 is 0 Å². The Morgan fingerprint density at radius 3 is 2.59 bits per heavy atom. The van der Waals surface area contributed by atoms with E-state index in [0.29, 0.717) is 11.1 Å². The number of aromatic carboxylic acids is 1. The molecule has 1 amide bonds. The quantitative estimate of drug-likeness (QED) is 0.404. The molecule has 2 aromatic carbocycles. The van der Waals surface area contributed by atoms with Crippen molar-refractivity contribution in [1.29, 1.82) is 0 Å². The molecule has 7 nitrogen and oxygen atoms in total. The summed E-state index contributed by atoms with van der Waals surface area (Å²) in [6.07, 6.45) is -4.59. The zero-order chi connectivity index (χ0) is 23.0. The standard InChI is InChI=1S/C21H13F3N2O5S/c1-30-15-8-10(21(22,23)24)6-7-11(15)17-16(20(28)29)13(9-32-17)25-18(27)19-26-12-4-2-3-5-14(12)31-19/h2-9H,1H3,(H,25,27)(H,28,29). The molecule has 0 saturated carbocycles. The van der Waals surface area contributed by atoms with E-state index in [0.717, 1.165) is 29.5 Å². The molecule has 0 aliphatic rings. The number of thiophene rings is 1. The number of carboxylic acid groups (broad SMARTS) is 1. The lowest BCUT2D eigenvalue weighted by Crippen LogP contribution is -2.14. The number of carbonyl (C=O) groups excluding carboxylic acids is 1. The third-order valence-corrected chi connectivity index (χ3v) is 5.53. The number of fused-ring (bicyclic) bond motifs is 1. The molecule has 0 unspecified atom stereocenters. The smallest absolute Gasteiger partial charge is 0.416 e. The summed E-state index contributed by atoms with van der Waals surface area (Å²) in [4.78, 5) is 28.7. The highest BCUT2D eigenvalue weighted by molar-refractivity contribution is 7.14. The summed E-state index contributed by atoms with van der Waals surface area (Å²) in [6.45, 7) is 0. The lowest BCUT2D eigenvalue weighted by molar-refractivity contribution is -0.137. The molecular weight excluding hydrogens is 449 g/mol. The number of carboxylic acids is 1. The predicted molar refractivity (Wildman–Crippen MR) is 110 cm³/mol. The maximum Gasteiger partial charge on any atom is 0.416 e. The first-order valence-corrected chi connectivity index (χ1v) is 9.84. The Labute approximate surface area is 182 Å². The predicted octanol–water partition coefficient (Wildman–Crippen LogP) is 5.53. The number of rotatable bonds is 5. The van der Waals surface area contributed by atoms with Gasteiger partial charge in [-0.05, 0) is 30.3 Å². The number of halogens is 3. The molecule has 164 valence electrons. The second-order valence-corrected chi connectivity index (χ2v) is 7.39. The lowest BCUT2D eigenvalue weighted by Gasteiger charge is -2.12. The van der Waals surface area contributed by atoms with E-state index in [-0.39, 0.29) is 33.3 Å². The van der Waals surface area contributed by atoms with E-state index in [1.165, 1.54) is 12.5 Å². The number of hydrogen-bond acceptors (Lipinski definition) is 6. The molecule has 2 heterocycles. The first-order chi connectivity index (χ1) is 15.2. The van der Waals surface area contributed by atoms with Crippen molar-refractivity contribution in [3.63, 3.8) is 0 Å². The zero-order valence-corrected chi connectivity index (χ0v) is 17.0. The van der Waals surface area contributed by atoms with Crippen LogP contribution in [0, 0.1) is 0 Å². The van der Waals surface area contributed by atoms with Crippen LogP contribution in [0.4, 0.5) is 18.9 Å². The van der Waals surface area contributed by atoms with Gasteiger partial charge in [0.15, 0.2) is 5.58 Å². The number of amides is 1. The highest BCUT2D eigenvalue weighted by atomic mass is 32.1. The van der Waals surface area contributed by atoms with Crippen molar-refractivity contribution >= 4 is 40.0 Å². The average Bonchev–Trinajstić information content (AvgIpc) is 3.36. The minimum Gasteiger partial charge on any atom is -0.496 e. The molecule has 0 saturated heterocycles. The van der Waals surface area contributed by atoms with E-state index in [1.54, 1.807) is 24.3 Å². The molecule has 0 aliphatic heterocycles. The first kappa shape index (κ1) is 21.4. The first-order valence-electron chi connectivity index (χ1n) is 8.96. The van der Waals surface area contributed by atoms with Gasteiger partial charge in [-0.3, -0.25) is 4.79 Å². The Morgan fingerprint density at radius 2 is 1.94 bits per heavy atom. The summed E-state index contributed by atoms with van der Waals surface area (Å²) in [7, 11) is 1.18. The highest BCUT2D eigenvalue weighted by Gasteiger charge is 2.32. The third-order valence-electron chi connectivity index (χ3n) is 4.51. The van der Waals surface area contributed by atoms with Crippen LogP contribution in [0.2, 0.25) is 0 Å². The Morgan fingerprint density at radius 1 is 1.19 bits per heavy atom. The van der Waals surface area contributed by atoms with Crippen LogP contribution < -0.4 is 10.1 Å². The molecule has 0 fully saturated rings.